The molecule has 0 fully saturated rings. The van der Waals surface area contributed by atoms with Gasteiger partial charge in [0.05, 0.1) is 27.7 Å². The lowest BCUT2D eigenvalue weighted by atomic mass is 10.1. The highest BCUT2D eigenvalue weighted by Gasteiger charge is 2.27. The SMILES string of the molecule is CC/C=C/C=C/C=C/C=C/CCCCCCCC(=O)OC[C@H](COP(=O)(O)OCC[N+](C)(C)C)OC(=O)CCCCCCC/C=C/CCCCCCCC. The molecule has 10 heteroatoms. The fraction of sp³-hybridized carbons (Fsp3) is 0.727. The maximum absolute atomic E-state index is 12.7. The maximum atomic E-state index is 12.7. The molecule has 0 rings (SSSR count). The van der Waals surface area contributed by atoms with Gasteiger partial charge in [-0.2, -0.15) is 0 Å². The fourth-order valence-corrected chi connectivity index (χ4v) is 6.05. The van der Waals surface area contributed by atoms with Crippen LogP contribution in [0.15, 0.2) is 60.8 Å². The van der Waals surface area contributed by atoms with Crippen LogP contribution in [0.2, 0.25) is 0 Å². The minimum Gasteiger partial charge on any atom is -0.462 e. The zero-order valence-electron chi connectivity index (χ0n) is 34.9. The van der Waals surface area contributed by atoms with Crippen molar-refractivity contribution in [2.45, 2.75) is 161 Å². The molecule has 0 aliphatic carbocycles. The summed E-state index contributed by atoms with van der Waals surface area (Å²) in [5.41, 5.74) is 0. The van der Waals surface area contributed by atoms with Crippen molar-refractivity contribution < 1.29 is 42.1 Å². The van der Waals surface area contributed by atoms with Crippen molar-refractivity contribution in [1.82, 2.24) is 0 Å². The summed E-state index contributed by atoms with van der Waals surface area (Å²) in [7, 11) is 1.45. The lowest BCUT2D eigenvalue weighted by Crippen LogP contribution is -2.37. The molecule has 0 bridgehead atoms. The highest BCUT2D eigenvalue weighted by atomic mass is 31.2. The number of hydrogen-bond donors (Lipinski definition) is 1. The van der Waals surface area contributed by atoms with Crippen molar-refractivity contribution in [2.24, 2.45) is 0 Å². The van der Waals surface area contributed by atoms with Crippen LogP contribution in [0.1, 0.15) is 155 Å². The molecule has 54 heavy (non-hydrogen) atoms. The molecule has 0 aromatic rings. The number of nitrogens with zero attached hydrogens (tertiary/aromatic N) is 1. The van der Waals surface area contributed by atoms with E-state index >= 15 is 0 Å². The van der Waals surface area contributed by atoms with E-state index in [1.54, 1.807) is 0 Å². The lowest BCUT2D eigenvalue weighted by Gasteiger charge is -2.24. The summed E-state index contributed by atoms with van der Waals surface area (Å²) in [6.07, 6.45) is 42.6. The summed E-state index contributed by atoms with van der Waals surface area (Å²) < 4.78 is 34.2. The summed E-state index contributed by atoms with van der Waals surface area (Å²) in [5.74, 6) is -0.841. The van der Waals surface area contributed by atoms with Crippen LogP contribution in [-0.2, 0) is 32.7 Å². The van der Waals surface area contributed by atoms with Crippen molar-refractivity contribution in [3.8, 4) is 0 Å². The molecule has 0 amide bonds. The largest absolute Gasteiger partial charge is 0.472 e. The first-order valence-electron chi connectivity index (χ1n) is 21.1. The van der Waals surface area contributed by atoms with Gasteiger partial charge in [0.1, 0.15) is 19.8 Å². The second-order valence-electron chi connectivity index (χ2n) is 15.1. The summed E-state index contributed by atoms with van der Waals surface area (Å²) in [5, 5.41) is 0. The van der Waals surface area contributed by atoms with E-state index in [9.17, 15) is 19.0 Å². The Morgan fingerprint density at radius 1 is 0.593 bits per heavy atom. The minimum atomic E-state index is -4.38. The number of phosphoric ester groups is 1. The number of carbonyl (C=O) groups excluding carboxylic acids is 2. The van der Waals surface area contributed by atoms with E-state index in [1.807, 2.05) is 51.5 Å². The maximum Gasteiger partial charge on any atom is 0.472 e. The van der Waals surface area contributed by atoms with Crippen LogP contribution in [-0.4, -0.2) is 74.9 Å². The quantitative estimate of drug-likeness (QED) is 0.0166. The highest BCUT2D eigenvalue weighted by molar-refractivity contribution is 7.47. The van der Waals surface area contributed by atoms with Crippen LogP contribution in [0.5, 0.6) is 0 Å². The highest BCUT2D eigenvalue weighted by Crippen LogP contribution is 2.43. The Hall–Kier alpha value is -2.29. The van der Waals surface area contributed by atoms with Crippen LogP contribution in [0.4, 0.5) is 0 Å². The predicted octanol–water partition coefficient (Wildman–Crippen LogP) is 11.7. The number of unbranched alkanes of at least 4 members (excludes halogenated alkanes) is 16. The molecule has 1 N–H and O–H groups in total. The van der Waals surface area contributed by atoms with Gasteiger partial charge < -0.3 is 18.9 Å². The molecule has 9 nitrogen and oxygen atoms in total. The molecule has 1 unspecified atom stereocenters. The van der Waals surface area contributed by atoms with Crippen LogP contribution >= 0.6 is 7.82 Å². The molecule has 0 saturated heterocycles. The Morgan fingerprint density at radius 3 is 1.63 bits per heavy atom. The number of likely N-dealkylation sites (N-methyl/N-ethyl adjacent to an activating group) is 1. The smallest absolute Gasteiger partial charge is 0.462 e. The van der Waals surface area contributed by atoms with Crippen molar-refractivity contribution in [3.05, 3.63) is 60.8 Å². The number of quaternary nitrogens is 1. The Balaban J connectivity index is 4.45. The van der Waals surface area contributed by atoms with Crippen molar-refractivity contribution in [3.63, 3.8) is 0 Å². The second kappa shape index (κ2) is 36.4. The third-order valence-corrected chi connectivity index (χ3v) is 9.61. The number of carbonyl (C=O) groups is 2. The van der Waals surface area contributed by atoms with E-state index in [0.29, 0.717) is 23.9 Å². The van der Waals surface area contributed by atoms with Crippen LogP contribution in [0, 0.1) is 0 Å². The van der Waals surface area contributed by atoms with Gasteiger partial charge in [0.25, 0.3) is 0 Å². The second-order valence-corrected chi connectivity index (χ2v) is 16.5. The molecule has 2 atom stereocenters. The zero-order chi connectivity index (χ0) is 40.0. The fourth-order valence-electron chi connectivity index (χ4n) is 5.31. The molecule has 0 aliphatic rings. The first kappa shape index (κ1) is 51.7. The molecule has 0 heterocycles. The van der Waals surface area contributed by atoms with Crippen LogP contribution < -0.4 is 0 Å². The van der Waals surface area contributed by atoms with Crippen LogP contribution in [0.25, 0.3) is 0 Å². The van der Waals surface area contributed by atoms with Gasteiger partial charge in [-0.1, -0.05) is 145 Å². The summed E-state index contributed by atoms with van der Waals surface area (Å²) in [6, 6.07) is 0. The van der Waals surface area contributed by atoms with Crippen molar-refractivity contribution in [2.75, 3.05) is 47.5 Å². The molecular weight excluding hydrogens is 701 g/mol. The number of ether oxygens (including phenoxy) is 2. The average molecular weight is 781 g/mol. The monoisotopic (exact) mass is 781 g/mol. The van der Waals surface area contributed by atoms with Gasteiger partial charge in [0, 0.05) is 12.8 Å². The van der Waals surface area contributed by atoms with Gasteiger partial charge in [0.15, 0.2) is 6.10 Å². The number of esters is 2. The number of allylic oxidation sites excluding steroid dienone is 10. The molecule has 0 aliphatic heterocycles. The van der Waals surface area contributed by atoms with Gasteiger partial charge in [-0.05, 0) is 57.8 Å². The van der Waals surface area contributed by atoms with Crippen LogP contribution in [0.3, 0.4) is 0 Å². The standard InChI is InChI=1S/C44H78NO8P/c1-6-8-10-12-14-16-18-20-22-24-26-28-30-32-34-36-43(46)50-40-42(41-52-54(48,49)51-39-38-45(3,4)5)53-44(47)37-35-33-31-29-27-25-23-21-19-17-15-13-11-9-7-2/h8,10,12,14,16,18,20-23,42H,6-7,9,11,13,15,17,19,24-41H2,1-5H3/p+1/b10-8+,14-12+,18-16+,22-20+,23-21+/t42-/m1/s1. The zero-order valence-corrected chi connectivity index (χ0v) is 35.8. The van der Waals surface area contributed by atoms with E-state index in [0.717, 1.165) is 70.6 Å². The average Bonchev–Trinajstić information content (AvgIpc) is 3.12. The molecule has 0 saturated carbocycles. The van der Waals surface area contributed by atoms with E-state index in [4.69, 9.17) is 18.5 Å². The third-order valence-electron chi connectivity index (χ3n) is 8.63. The Morgan fingerprint density at radius 2 is 1.07 bits per heavy atom. The molecule has 0 radical (unpaired) electrons. The first-order chi connectivity index (χ1) is 26.0. The Labute approximate surface area is 330 Å². The van der Waals surface area contributed by atoms with E-state index in [1.165, 1.54) is 44.9 Å². The van der Waals surface area contributed by atoms with Gasteiger partial charge >= 0.3 is 19.8 Å². The van der Waals surface area contributed by atoms with Gasteiger partial charge in [0.2, 0.25) is 0 Å². The lowest BCUT2D eigenvalue weighted by molar-refractivity contribution is -0.870. The normalized spacial score (nSPS) is 14.3. The predicted molar refractivity (Wildman–Crippen MR) is 224 cm³/mol. The molecule has 312 valence electrons. The molecule has 0 aromatic carbocycles. The van der Waals surface area contributed by atoms with Gasteiger partial charge in [-0.25, -0.2) is 4.57 Å². The van der Waals surface area contributed by atoms with E-state index in [-0.39, 0.29) is 26.1 Å². The Bertz CT molecular complexity index is 1110. The van der Waals surface area contributed by atoms with Gasteiger partial charge in [-0.3, -0.25) is 18.6 Å². The summed E-state index contributed by atoms with van der Waals surface area (Å²) in [6.45, 7) is 4.22. The number of rotatable bonds is 37. The Kier molecular flexibility index (Phi) is 34.8. The molecular formula is C44H79NO8P+. The number of hydrogen-bond acceptors (Lipinski definition) is 7. The first-order valence-corrected chi connectivity index (χ1v) is 22.6. The van der Waals surface area contributed by atoms with Crippen molar-refractivity contribution in [1.29, 1.82) is 0 Å². The summed E-state index contributed by atoms with van der Waals surface area (Å²) >= 11 is 0. The van der Waals surface area contributed by atoms with Gasteiger partial charge in [-0.15, -0.1) is 0 Å². The third kappa shape index (κ3) is 39.4. The van der Waals surface area contributed by atoms with E-state index < -0.39 is 32.5 Å². The summed E-state index contributed by atoms with van der Waals surface area (Å²) in [4.78, 5) is 35.3. The topological polar surface area (TPSA) is 108 Å². The molecule has 0 aromatic heterocycles. The van der Waals surface area contributed by atoms with Crippen molar-refractivity contribution >= 4 is 19.8 Å². The minimum absolute atomic E-state index is 0.0233. The number of phosphoric acid groups is 1. The molecule has 0 spiro atoms. The van der Waals surface area contributed by atoms with E-state index in [2.05, 4.69) is 44.2 Å².